The molecule has 0 saturated heterocycles. The molecular formula is C20H23BrSi. The Morgan fingerprint density at radius 2 is 1.55 bits per heavy atom. The molecule has 0 aliphatic heterocycles. The summed E-state index contributed by atoms with van der Waals surface area (Å²) < 4.78 is 1.07. The van der Waals surface area contributed by atoms with Gasteiger partial charge in [0.1, 0.15) is 8.07 Å². The maximum absolute atomic E-state index is 3.68. The van der Waals surface area contributed by atoms with Gasteiger partial charge in [0, 0.05) is 10.0 Å². The lowest BCUT2D eigenvalue weighted by molar-refractivity contribution is 0.731. The zero-order valence-corrected chi connectivity index (χ0v) is 16.6. The fourth-order valence-corrected chi connectivity index (χ4v) is 3.14. The first kappa shape index (κ1) is 17.1. The Morgan fingerprint density at radius 1 is 0.909 bits per heavy atom. The van der Waals surface area contributed by atoms with Crippen LogP contribution in [0.2, 0.25) is 18.1 Å². The minimum atomic E-state index is -1.57. The molecule has 0 fully saturated rings. The zero-order chi connectivity index (χ0) is 16.4. The van der Waals surface area contributed by atoms with Gasteiger partial charge < -0.3 is 0 Å². The molecule has 0 bridgehead atoms. The van der Waals surface area contributed by atoms with E-state index in [1.807, 2.05) is 6.07 Å². The first-order chi connectivity index (χ1) is 10.2. The summed E-state index contributed by atoms with van der Waals surface area (Å²) in [6.07, 6.45) is 0. The molecule has 0 unspecified atom stereocenters. The molecule has 0 aliphatic rings. The third-order valence-corrected chi connectivity index (χ3v) is 9.62. The highest BCUT2D eigenvalue weighted by Gasteiger charge is 2.33. The van der Waals surface area contributed by atoms with Crippen molar-refractivity contribution in [3.05, 3.63) is 58.6 Å². The second-order valence-electron chi connectivity index (χ2n) is 7.19. The predicted molar refractivity (Wildman–Crippen MR) is 104 cm³/mol. The van der Waals surface area contributed by atoms with Crippen molar-refractivity contribution < 1.29 is 0 Å². The second-order valence-corrected chi connectivity index (χ2v) is 13.0. The van der Waals surface area contributed by atoms with Crippen molar-refractivity contribution >= 4 is 24.0 Å². The molecule has 2 aromatic carbocycles. The molecule has 0 aliphatic carbocycles. The van der Waals surface area contributed by atoms with Crippen LogP contribution < -0.4 is 0 Å². The van der Waals surface area contributed by atoms with Crippen LogP contribution in [0.5, 0.6) is 0 Å². The minimum Gasteiger partial charge on any atom is -0.126 e. The fraction of sp³-hybridized carbons (Fsp3) is 0.300. The van der Waals surface area contributed by atoms with E-state index in [1.165, 1.54) is 11.1 Å². The van der Waals surface area contributed by atoms with Crippen LogP contribution in [0.3, 0.4) is 0 Å². The first-order valence-electron chi connectivity index (χ1n) is 7.59. The molecule has 0 nitrogen and oxygen atoms in total. The topological polar surface area (TPSA) is 0 Å². The lowest BCUT2D eigenvalue weighted by Crippen LogP contribution is -2.35. The van der Waals surface area contributed by atoms with Gasteiger partial charge in [0.25, 0.3) is 0 Å². The Morgan fingerprint density at radius 3 is 2.09 bits per heavy atom. The van der Waals surface area contributed by atoms with E-state index >= 15 is 0 Å². The van der Waals surface area contributed by atoms with Gasteiger partial charge in [-0.1, -0.05) is 76.2 Å². The maximum Gasteiger partial charge on any atom is 0.138 e. The molecule has 114 valence electrons. The number of hydrogen-bond donors (Lipinski definition) is 0. The van der Waals surface area contributed by atoms with Gasteiger partial charge in [0.15, 0.2) is 0 Å². The van der Waals surface area contributed by atoms with Crippen molar-refractivity contribution in [2.75, 3.05) is 0 Å². The summed E-state index contributed by atoms with van der Waals surface area (Å²) in [5.41, 5.74) is 7.09. The van der Waals surface area contributed by atoms with Crippen molar-refractivity contribution in [1.82, 2.24) is 0 Å². The predicted octanol–water partition coefficient (Wildman–Crippen LogP) is 6.52. The molecule has 0 saturated carbocycles. The monoisotopic (exact) mass is 370 g/mol. The molecular weight excluding hydrogens is 348 g/mol. The lowest BCUT2D eigenvalue weighted by atomic mass is 10.0. The second kappa shape index (κ2) is 6.44. The molecule has 2 rings (SSSR count). The van der Waals surface area contributed by atoms with Crippen LogP contribution in [0.4, 0.5) is 0 Å². The molecule has 0 aromatic heterocycles. The van der Waals surface area contributed by atoms with Gasteiger partial charge in [-0.15, -0.1) is 5.54 Å². The molecule has 2 heteroatoms. The largest absolute Gasteiger partial charge is 0.138 e. The standard InChI is InChI=1S/C20H23BrSi/c1-20(2,3)22(4,5)14-13-17-11-12-18(15-19(17)21)16-9-7-6-8-10-16/h6-12,15H,1-5H3. The average molecular weight is 371 g/mol. The molecule has 0 atom stereocenters. The first-order valence-corrected chi connectivity index (χ1v) is 11.4. The van der Waals surface area contributed by atoms with Gasteiger partial charge in [-0.25, -0.2) is 0 Å². The molecule has 0 amide bonds. The van der Waals surface area contributed by atoms with Gasteiger partial charge >= 0.3 is 0 Å². The zero-order valence-electron chi connectivity index (χ0n) is 14.0. The average Bonchev–Trinajstić information content (AvgIpc) is 2.45. The molecule has 22 heavy (non-hydrogen) atoms. The van der Waals surface area contributed by atoms with Crippen LogP contribution in [-0.4, -0.2) is 8.07 Å². The smallest absolute Gasteiger partial charge is 0.126 e. The third-order valence-electron chi connectivity index (χ3n) is 4.46. The van der Waals surface area contributed by atoms with E-state index in [0.717, 1.165) is 10.0 Å². The minimum absolute atomic E-state index is 0.288. The Kier molecular flexibility index (Phi) is 4.99. The molecule has 0 N–H and O–H groups in total. The number of benzene rings is 2. The Labute approximate surface area is 144 Å². The molecule has 2 aromatic rings. The van der Waals surface area contributed by atoms with Crippen LogP contribution in [-0.2, 0) is 0 Å². The van der Waals surface area contributed by atoms with E-state index in [9.17, 15) is 0 Å². The Balaban J connectivity index is 2.33. The SMILES string of the molecule is CC(C)(C)[Si](C)(C)C#Cc1ccc(-c2ccccc2)cc1Br. The quantitative estimate of drug-likeness (QED) is 0.396. The summed E-state index contributed by atoms with van der Waals surface area (Å²) in [6.45, 7) is 11.6. The lowest BCUT2D eigenvalue weighted by Gasteiger charge is -2.31. The fourth-order valence-electron chi connectivity index (χ4n) is 1.84. The molecule has 0 radical (unpaired) electrons. The van der Waals surface area contributed by atoms with Crippen molar-refractivity contribution in [1.29, 1.82) is 0 Å². The van der Waals surface area contributed by atoms with E-state index in [2.05, 4.69) is 104 Å². The maximum atomic E-state index is 3.68. The summed E-state index contributed by atoms with van der Waals surface area (Å²) in [5, 5.41) is 0.288. The van der Waals surface area contributed by atoms with Gasteiger partial charge in [0.05, 0.1) is 0 Å². The van der Waals surface area contributed by atoms with Gasteiger partial charge in [0.2, 0.25) is 0 Å². The highest BCUT2D eigenvalue weighted by Crippen LogP contribution is 2.35. The van der Waals surface area contributed by atoms with Crippen molar-refractivity contribution in [3.8, 4) is 22.6 Å². The van der Waals surface area contributed by atoms with Crippen molar-refractivity contribution in [2.45, 2.75) is 38.9 Å². The molecule has 0 heterocycles. The summed E-state index contributed by atoms with van der Waals surface area (Å²) in [4.78, 5) is 0. The summed E-state index contributed by atoms with van der Waals surface area (Å²) in [5.74, 6) is 3.40. The summed E-state index contributed by atoms with van der Waals surface area (Å²) in [6, 6.07) is 16.8. The van der Waals surface area contributed by atoms with Gasteiger partial charge in [-0.3, -0.25) is 0 Å². The van der Waals surface area contributed by atoms with Crippen molar-refractivity contribution in [2.24, 2.45) is 0 Å². The highest BCUT2D eigenvalue weighted by atomic mass is 79.9. The van der Waals surface area contributed by atoms with Crippen LogP contribution in [0.1, 0.15) is 26.3 Å². The summed E-state index contributed by atoms with van der Waals surface area (Å²) >= 11 is 3.68. The van der Waals surface area contributed by atoms with Crippen LogP contribution >= 0.6 is 15.9 Å². The van der Waals surface area contributed by atoms with Crippen molar-refractivity contribution in [3.63, 3.8) is 0 Å². The van der Waals surface area contributed by atoms with Gasteiger partial charge in [-0.2, -0.15) is 0 Å². The normalized spacial score (nSPS) is 11.7. The van der Waals surface area contributed by atoms with E-state index in [-0.39, 0.29) is 5.04 Å². The Bertz CT molecular complexity index is 713. The van der Waals surface area contributed by atoms with Gasteiger partial charge in [-0.05, 0) is 44.2 Å². The van der Waals surface area contributed by atoms with Crippen LogP contribution in [0.15, 0.2) is 53.0 Å². The number of hydrogen-bond acceptors (Lipinski definition) is 0. The van der Waals surface area contributed by atoms with Crippen LogP contribution in [0, 0.1) is 11.5 Å². The van der Waals surface area contributed by atoms with E-state index in [4.69, 9.17) is 0 Å². The van der Waals surface area contributed by atoms with E-state index in [0.29, 0.717) is 0 Å². The molecule has 0 spiro atoms. The van der Waals surface area contributed by atoms with E-state index < -0.39 is 8.07 Å². The number of halogens is 1. The highest BCUT2D eigenvalue weighted by molar-refractivity contribution is 9.10. The summed E-state index contributed by atoms with van der Waals surface area (Å²) in [7, 11) is -1.57. The van der Waals surface area contributed by atoms with E-state index in [1.54, 1.807) is 0 Å². The van der Waals surface area contributed by atoms with Crippen LogP contribution in [0.25, 0.3) is 11.1 Å². The number of rotatable bonds is 1. The third kappa shape index (κ3) is 3.91. The Hall–Kier alpha value is -1.30.